The van der Waals surface area contributed by atoms with Gasteiger partial charge in [-0.05, 0) is 62.7 Å². The van der Waals surface area contributed by atoms with E-state index in [1.54, 1.807) is 38.1 Å². The Morgan fingerprint density at radius 2 is 1.81 bits per heavy atom. The third-order valence-corrected chi connectivity index (χ3v) is 4.29. The Kier molecular flexibility index (Phi) is 6.89. The summed E-state index contributed by atoms with van der Waals surface area (Å²) in [5, 5.41) is 3.58. The first-order chi connectivity index (χ1) is 12.3. The number of carbonyl (C=O) groups excluding carboxylic acids is 2. The molecule has 0 aliphatic rings. The van der Waals surface area contributed by atoms with Gasteiger partial charge < -0.3 is 14.8 Å². The highest BCUT2D eigenvalue weighted by atomic mass is 35.5. The van der Waals surface area contributed by atoms with E-state index in [4.69, 9.17) is 32.7 Å². The number of rotatable bonds is 6. The van der Waals surface area contributed by atoms with E-state index < -0.39 is 12.1 Å². The standard InChI is InChI=1S/C19H19Cl2NO4/c1-4-25-19(24)15-10-13(5-7-17(15)21)22-18(23)12(3)26-14-6-8-16(20)11(2)9-14/h5-10,12H,4H2,1-3H3,(H,22,23). The number of halogens is 2. The van der Waals surface area contributed by atoms with E-state index in [0.29, 0.717) is 16.5 Å². The molecule has 138 valence electrons. The fourth-order valence-electron chi connectivity index (χ4n) is 2.16. The van der Waals surface area contributed by atoms with E-state index in [1.165, 1.54) is 12.1 Å². The number of hydrogen-bond donors (Lipinski definition) is 1. The molecule has 2 aromatic rings. The van der Waals surface area contributed by atoms with Gasteiger partial charge in [0.2, 0.25) is 0 Å². The number of aryl methyl sites for hydroxylation is 1. The van der Waals surface area contributed by atoms with E-state index in [-0.39, 0.29) is 23.1 Å². The van der Waals surface area contributed by atoms with Crippen LogP contribution in [-0.2, 0) is 9.53 Å². The molecule has 0 heterocycles. The summed E-state index contributed by atoms with van der Waals surface area (Å²) in [4.78, 5) is 24.2. The van der Waals surface area contributed by atoms with Crippen molar-refractivity contribution in [1.29, 1.82) is 0 Å². The molecule has 2 rings (SSSR count). The molecule has 5 nitrogen and oxygen atoms in total. The van der Waals surface area contributed by atoms with E-state index >= 15 is 0 Å². The first kappa shape index (κ1) is 20.1. The molecule has 0 bridgehead atoms. The molecule has 0 fully saturated rings. The summed E-state index contributed by atoms with van der Waals surface area (Å²) in [7, 11) is 0. The van der Waals surface area contributed by atoms with Gasteiger partial charge in [-0.2, -0.15) is 0 Å². The van der Waals surface area contributed by atoms with Crippen LogP contribution in [0.2, 0.25) is 10.0 Å². The molecule has 1 amide bonds. The molecule has 0 aliphatic carbocycles. The molecule has 1 unspecified atom stereocenters. The van der Waals surface area contributed by atoms with E-state index in [0.717, 1.165) is 5.56 Å². The first-order valence-electron chi connectivity index (χ1n) is 8.02. The number of ether oxygens (including phenoxy) is 2. The van der Waals surface area contributed by atoms with Crippen molar-refractivity contribution in [3.63, 3.8) is 0 Å². The van der Waals surface area contributed by atoms with E-state index in [1.807, 2.05) is 6.92 Å². The van der Waals surface area contributed by atoms with Crippen molar-refractivity contribution >= 4 is 40.8 Å². The lowest BCUT2D eigenvalue weighted by atomic mass is 10.2. The fourth-order valence-corrected chi connectivity index (χ4v) is 2.47. The van der Waals surface area contributed by atoms with Crippen molar-refractivity contribution in [3.8, 4) is 5.75 Å². The molecule has 1 atom stereocenters. The lowest BCUT2D eigenvalue weighted by Crippen LogP contribution is -2.30. The van der Waals surface area contributed by atoms with Gasteiger partial charge in [0.05, 0.1) is 17.2 Å². The van der Waals surface area contributed by atoms with Crippen LogP contribution in [0.15, 0.2) is 36.4 Å². The zero-order valence-corrected chi connectivity index (χ0v) is 16.1. The van der Waals surface area contributed by atoms with Crippen molar-refractivity contribution in [2.24, 2.45) is 0 Å². The minimum atomic E-state index is -0.753. The highest BCUT2D eigenvalue weighted by Crippen LogP contribution is 2.23. The number of carbonyl (C=O) groups is 2. The van der Waals surface area contributed by atoms with Gasteiger partial charge in [0.15, 0.2) is 6.10 Å². The SMILES string of the molecule is CCOC(=O)c1cc(NC(=O)C(C)Oc2ccc(Cl)c(C)c2)ccc1Cl. The van der Waals surface area contributed by atoms with Crippen LogP contribution in [0.5, 0.6) is 5.75 Å². The molecule has 1 N–H and O–H groups in total. The summed E-state index contributed by atoms with van der Waals surface area (Å²) in [5.74, 6) is -0.373. The molecule has 0 radical (unpaired) electrons. The predicted molar refractivity (Wildman–Crippen MR) is 102 cm³/mol. The fraction of sp³-hybridized carbons (Fsp3) is 0.263. The smallest absolute Gasteiger partial charge is 0.339 e. The average Bonchev–Trinajstić information content (AvgIpc) is 2.60. The van der Waals surface area contributed by atoms with Gasteiger partial charge in [0.1, 0.15) is 5.75 Å². The van der Waals surface area contributed by atoms with Gasteiger partial charge in [-0.25, -0.2) is 4.79 Å². The minimum Gasteiger partial charge on any atom is -0.481 e. The summed E-state index contributed by atoms with van der Waals surface area (Å²) in [6.45, 7) is 5.41. The molecule has 26 heavy (non-hydrogen) atoms. The number of anilines is 1. The van der Waals surface area contributed by atoms with Gasteiger partial charge in [-0.15, -0.1) is 0 Å². The number of benzene rings is 2. The second-order valence-electron chi connectivity index (χ2n) is 5.58. The zero-order valence-electron chi connectivity index (χ0n) is 14.6. The molecule has 0 saturated carbocycles. The highest BCUT2D eigenvalue weighted by molar-refractivity contribution is 6.33. The van der Waals surface area contributed by atoms with Crippen LogP contribution in [0.4, 0.5) is 5.69 Å². The largest absolute Gasteiger partial charge is 0.481 e. The number of esters is 1. The maximum Gasteiger partial charge on any atom is 0.339 e. The Balaban J connectivity index is 2.07. The van der Waals surface area contributed by atoms with Gasteiger partial charge in [-0.1, -0.05) is 23.2 Å². The van der Waals surface area contributed by atoms with Crippen LogP contribution in [-0.4, -0.2) is 24.6 Å². The Morgan fingerprint density at radius 3 is 2.46 bits per heavy atom. The van der Waals surface area contributed by atoms with Gasteiger partial charge >= 0.3 is 5.97 Å². The number of nitrogens with one attached hydrogen (secondary N) is 1. The van der Waals surface area contributed by atoms with Crippen molar-refractivity contribution in [3.05, 3.63) is 57.6 Å². The molecule has 0 spiro atoms. The van der Waals surface area contributed by atoms with Gasteiger partial charge in [0.25, 0.3) is 5.91 Å². The number of hydrogen-bond acceptors (Lipinski definition) is 4. The monoisotopic (exact) mass is 395 g/mol. The molecule has 0 aromatic heterocycles. The first-order valence-corrected chi connectivity index (χ1v) is 8.77. The van der Waals surface area contributed by atoms with Crippen molar-refractivity contribution in [1.82, 2.24) is 0 Å². The normalized spacial score (nSPS) is 11.6. The maximum absolute atomic E-state index is 12.3. The quantitative estimate of drug-likeness (QED) is 0.707. The Bertz CT molecular complexity index is 823. The van der Waals surface area contributed by atoms with Crippen LogP contribution in [0.3, 0.4) is 0 Å². The third-order valence-electron chi connectivity index (χ3n) is 3.54. The summed E-state index contributed by atoms with van der Waals surface area (Å²) >= 11 is 12.0. The Labute approximate surface area is 162 Å². The Morgan fingerprint density at radius 1 is 1.12 bits per heavy atom. The molecular weight excluding hydrogens is 377 g/mol. The van der Waals surface area contributed by atoms with Crippen LogP contribution in [0.1, 0.15) is 29.8 Å². The topological polar surface area (TPSA) is 64.6 Å². The molecular formula is C19H19Cl2NO4. The van der Waals surface area contributed by atoms with Crippen LogP contribution < -0.4 is 10.1 Å². The van der Waals surface area contributed by atoms with Crippen LogP contribution in [0.25, 0.3) is 0 Å². The van der Waals surface area contributed by atoms with E-state index in [9.17, 15) is 9.59 Å². The van der Waals surface area contributed by atoms with Crippen LogP contribution >= 0.6 is 23.2 Å². The summed E-state index contributed by atoms with van der Waals surface area (Å²) in [5.41, 5.74) is 1.46. The Hall–Kier alpha value is -2.24. The lowest BCUT2D eigenvalue weighted by molar-refractivity contribution is -0.122. The molecule has 0 saturated heterocycles. The van der Waals surface area contributed by atoms with Crippen molar-refractivity contribution < 1.29 is 19.1 Å². The summed E-state index contributed by atoms with van der Waals surface area (Å²) in [6, 6.07) is 9.76. The molecule has 2 aromatic carbocycles. The summed E-state index contributed by atoms with van der Waals surface area (Å²) in [6.07, 6.45) is -0.753. The van der Waals surface area contributed by atoms with Gasteiger partial charge in [-0.3, -0.25) is 4.79 Å². The second kappa shape index (κ2) is 8.92. The molecule has 0 aliphatic heterocycles. The minimum absolute atomic E-state index is 0.188. The summed E-state index contributed by atoms with van der Waals surface area (Å²) < 4.78 is 10.6. The number of amides is 1. The van der Waals surface area contributed by atoms with Crippen molar-refractivity contribution in [2.75, 3.05) is 11.9 Å². The van der Waals surface area contributed by atoms with Gasteiger partial charge in [0, 0.05) is 10.7 Å². The van der Waals surface area contributed by atoms with E-state index in [2.05, 4.69) is 5.32 Å². The maximum atomic E-state index is 12.3. The molecule has 7 heteroatoms. The highest BCUT2D eigenvalue weighted by Gasteiger charge is 2.17. The average molecular weight is 396 g/mol. The lowest BCUT2D eigenvalue weighted by Gasteiger charge is -2.16. The van der Waals surface area contributed by atoms with Crippen LogP contribution in [0, 0.1) is 6.92 Å². The predicted octanol–water partition coefficient (Wildman–Crippen LogP) is 4.88. The second-order valence-corrected chi connectivity index (χ2v) is 6.39. The zero-order chi connectivity index (χ0) is 19.3. The third kappa shape index (κ3) is 5.13. The van der Waals surface area contributed by atoms with Crippen molar-refractivity contribution in [2.45, 2.75) is 26.9 Å².